The summed E-state index contributed by atoms with van der Waals surface area (Å²) in [5.41, 5.74) is 1.61. The van der Waals surface area contributed by atoms with Gasteiger partial charge in [0.2, 0.25) is 11.8 Å². The molecule has 7 nitrogen and oxygen atoms in total. The predicted molar refractivity (Wildman–Crippen MR) is 94.3 cm³/mol. The average Bonchev–Trinajstić information content (AvgIpc) is 3.12. The number of nitrogens with one attached hydrogen (secondary N) is 1. The minimum atomic E-state index is -0.711. The normalized spacial score (nSPS) is 11.6. The van der Waals surface area contributed by atoms with Crippen LogP contribution in [-0.4, -0.2) is 22.1 Å². The van der Waals surface area contributed by atoms with Gasteiger partial charge in [-0.25, -0.2) is 4.79 Å². The second-order valence-corrected chi connectivity index (χ2v) is 5.62. The first-order valence-electron chi connectivity index (χ1n) is 8.00. The number of benzene rings is 2. The van der Waals surface area contributed by atoms with Gasteiger partial charge in [0.1, 0.15) is 0 Å². The van der Waals surface area contributed by atoms with Crippen molar-refractivity contribution in [2.75, 3.05) is 5.32 Å². The van der Waals surface area contributed by atoms with Crippen LogP contribution in [0.25, 0.3) is 11.5 Å². The van der Waals surface area contributed by atoms with E-state index in [1.54, 1.807) is 31.2 Å². The summed E-state index contributed by atoms with van der Waals surface area (Å²) in [4.78, 5) is 23.4. The standard InChI is InChI=1S/C19H17N3O4/c1-12(17-21-22-18(26-17)14-7-4-3-5-8-14)25-19(24)15-9-6-10-16(11-15)20-13(2)23/h3-12H,1-2H3,(H,20,23)/t12-/m1/s1. The van der Waals surface area contributed by atoms with Crippen LogP contribution in [0.4, 0.5) is 5.69 Å². The van der Waals surface area contributed by atoms with Gasteiger partial charge in [0.15, 0.2) is 6.10 Å². The molecule has 0 spiro atoms. The van der Waals surface area contributed by atoms with Crippen molar-refractivity contribution in [3.63, 3.8) is 0 Å². The fourth-order valence-electron chi connectivity index (χ4n) is 2.30. The third-order valence-electron chi connectivity index (χ3n) is 3.51. The highest BCUT2D eigenvalue weighted by molar-refractivity contribution is 5.93. The van der Waals surface area contributed by atoms with E-state index in [4.69, 9.17) is 9.15 Å². The summed E-state index contributed by atoms with van der Waals surface area (Å²) < 4.78 is 11.0. The number of rotatable bonds is 5. The molecule has 26 heavy (non-hydrogen) atoms. The summed E-state index contributed by atoms with van der Waals surface area (Å²) in [7, 11) is 0. The number of amides is 1. The van der Waals surface area contributed by atoms with E-state index in [1.807, 2.05) is 30.3 Å². The summed E-state index contributed by atoms with van der Waals surface area (Å²) >= 11 is 0. The first kappa shape index (κ1) is 17.3. The van der Waals surface area contributed by atoms with E-state index in [2.05, 4.69) is 15.5 Å². The number of aromatic nitrogens is 2. The molecule has 0 bridgehead atoms. The smallest absolute Gasteiger partial charge is 0.338 e. The lowest BCUT2D eigenvalue weighted by Crippen LogP contribution is -2.11. The molecule has 0 fully saturated rings. The molecule has 1 N–H and O–H groups in total. The molecule has 0 aliphatic heterocycles. The third kappa shape index (κ3) is 4.13. The van der Waals surface area contributed by atoms with Gasteiger partial charge in [-0.15, -0.1) is 10.2 Å². The maximum atomic E-state index is 12.3. The van der Waals surface area contributed by atoms with Crippen LogP contribution < -0.4 is 5.32 Å². The number of carbonyl (C=O) groups excluding carboxylic acids is 2. The van der Waals surface area contributed by atoms with Crippen LogP contribution >= 0.6 is 0 Å². The fraction of sp³-hybridized carbons (Fsp3) is 0.158. The number of ether oxygens (including phenoxy) is 1. The second kappa shape index (κ2) is 7.60. The zero-order valence-corrected chi connectivity index (χ0v) is 14.3. The monoisotopic (exact) mass is 351 g/mol. The molecule has 3 aromatic rings. The van der Waals surface area contributed by atoms with Crippen molar-refractivity contribution in [3.8, 4) is 11.5 Å². The van der Waals surface area contributed by atoms with E-state index in [0.29, 0.717) is 17.1 Å². The van der Waals surface area contributed by atoms with E-state index in [9.17, 15) is 9.59 Å². The third-order valence-corrected chi connectivity index (χ3v) is 3.51. The SMILES string of the molecule is CC(=O)Nc1cccc(C(=O)O[C@H](C)c2nnc(-c3ccccc3)o2)c1. The largest absolute Gasteiger partial charge is 0.449 e. The molecule has 1 amide bonds. The molecular formula is C19H17N3O4. The van der Waals surface area contributed by atoms with E-state index < -0.39 is 12.1 Å². The maximum Gasteiger partial charge on any atom is 0.338 e. The molecule has 0 radical (unpaired) electrons. The Labute approximate surface area is 150 Å². The number of hydrogen-bond donors (Lipinski definition) is 1. The first-order chi connectivity index (χ1) is 12.5. The minimum Gasteiger partial charge on any atom is -0.449 e. The summed E-state index contributed by atoms with van der Waals surface area (Å²) in [6.07, 6.45) is -0.711. The Morgan fingerprint density at radius 2 is 1.85 bits per heavy atom. The van der Waals surface area contributed by atoms with Crippen LogP contribution in [0.2, 0.25) is 0 Å². The molecule has 1 aromatic heterocycles. The lowest BCUT2D eigenvalue weighted by Gasteiger charge is -2.10. The molecule has 2 aromatic carbocycles. The second-order valence-electron chi connectivity index (χ2n) is 5.62. The van der Waals surface area contributed by atoms with E-state index >= 15 is 0 Å². The number of nitrogens with zero attached hydrogens (tertiary/aromatic N) is 2. The quantitative estimate of drug-likeness (QED) is 0.706. The number of anilines is 1. The zero-order chi connectivity index (χ0) is 18.5. The van der Waals surface area contributed by atoms with E-state index in [0.717, 1.165) is 5.56 Å². The van der Waals surface area contributed by atoms with Crippen molar-refractivity contribution in [2.24, 2.45) is 0 Å². The molecule has 0 aliphatic carbocycles. The van der Waals surface area contributed by atoms with Gasteiger partial charge in [-0.2, -0.15) is 0 Å². The summed E-state index contributed by atoms with van der Waals surface area (Å²) in [5.74, 6) is -0.210. The molecule has 0 saturated heterocycles. The fourth-order valence-corrected chi connectivity index (χ4v) is 2.30. The van der Waals surface area contributed by atoms with Gasteiger partial charge in [-0.3, -0.25) is 4.79 Å². The van der Waals surface area contributed by atoms with Gasteiger partial charge in [-0.1, -0.05) is 24.3 Å². The van der Waals surface area contributed by atoms with Gasteiger partial charge in [0, 0.05) is 18.2 Å². The Morgan fingerprint density at radius 3 is 2.58 bits per heavy atom. The Hall–Kier alpha value is -3.48. The lowest BCUT2D eigenvalue weighted by atomic mass is 10.2. The highest BCUT2D eigenvalue weighted by atomic mass is 16.6. The van der Waals surface area contributed by atoms with Gasteiger partial charge in [0.25, 0.3) is 5.89 Å². The Balaban J connectivity index is 1.70. The number of carbonyl (C=O) groups is 2. The Morgan fingerprint density at radius 1 is 1.08 bits per heavy atom. The number of esters is 1. The first-order valence-corrected chi connectivity index (χ1v) is 8.00. The average molecular weight is 351 g/mol. The van der Waals surface area contributed by atoms with Crippen molar-refractivity contribution >= 4 is 17.6 Å². The molecule has 3 rings (SSSR count). The van der Waals surface area contributed by atoms with Crippen molar-refractivity contribution in [1.82, 2.24) is 10.2 Å². The van der Waals surface area contributed by atoms with Gasteiger partial charge >= 0.3 is 5.97 Å². The topological polar surface area (TPSA) is 94.3 Å². The van der Waals surface area contributed by atoms with Crippen molar-refractivity contribution in [2.45, 2.75) is 20.0 Å². The molecule has 0 unspecified atom stereocenters. The van der Waals surface area contributed by atoms with Gasteiger partial charge in [0.05, 0.1) is 5.56 Å². The molecule has 7 heteroatoms. The molecule has 1 heterocycles. The molecule has 132 valence electrons. The summed E-state index contributed by atoms with van der Waals surface area (Å²) in [6, 6.07) is 15.8. The molecule has 1 atom stereocenters. The van der Waals surface area contributed by atoms with Crippen LogP contribution in [0, 0.1) is 0 Å². The van der Waals surface area contributed by atoms with Crippen molar-refractivity contribution in [3.05, 3.63) is 66.1 Å². The Bertz CT molecular complexity index is 921. The van der Waals surface area contributed by atoms with E-state index in [1.165, 1.54) is 6.92 Å². The predicted octanol–water partition coefficient (Wildman–Crippen LogP) is 3.61. The number of hydrogen-bond acceptors (Lipinski definition) is 6. The molecule has 0 saturated carbocycles. The highest BCUT2D eigenvalue weighted by Gasteiger charge is 2.20. The van der Waals surface area contributed by atoms with Crippen LogP contribution in [0.1, 0.15) is 36.2 Å². The van der Waals surface area contributed by atoms with Gasteiger partial charge < -0.3 is 14.5 Å². The Kier molecular flexibility index (Phi) is 5.07. The van der Waals surface area contributed by atoms with Gasteiger partial charge in [-0.05, 0) is 37.3 Å². The van der Waals surface area contributed by atoms with Crippen molar-refractivity contribution in [1.29, 1.82) is 0 Å². The minimum absolute atomic E-state index is 0.204. The van der Waals surface area contributed by atoms with E-state index in [-0.39, 0.29) is 11.8 Å². The van der Waals surface area contributed by atoms with Crippen LogP contribution in [0.15, 0.2) is 59.0 Å². The van der Waals surface area contributed by atoms with Crippen molar-refractivity contribution < 1.29 is 18.7 Å². The van der Waals surface area contributed by atoms with Crippen LogP contribution in [0.3, 0.4) is 0 Å². The molecular weight excluding hydrogens is 334 g/mol. The van der Waals surface area contributed by atoms with Crippen LogP contribution in [0.5, 0.6) is 0 Å². The summed E-state index contributed by atoms with van der Waals surface area (Å²) in [5, 5.41) is 10.5. The zero-order valence-electron chi connectivity index (χ0n) is 14.3. The van der Waals surface area contributed by atoms with Crippen LogP contribution in [-0.2, 0) is 9.53 Å². The maximum absolute atomic E-state index is 12.3. The lowest BCUT2D eigenvalue weighted by molar-refractivity contribution is -0.114. The summed E-state index contributed by atoms with van der Waals surface area (Å²) in [6.45, 7) is 3.05. The highest BCUT2D eigenvalue weighted by Crippen LogP contribution is 2.23. The molecule has 0 aliphatic rings.